The highest BCUT2D eigenvalue weighted by Crippen LogP contribution is 2.38. The molecule has 7 nitrogen and oxygen atoms in total. The number of aryl methyl sites for hydroxylation is 1. The molecular formula is C17H20N4O3. The van der Waals surface area contributed by atoms with Crippen molar-refractivity contribution in [1.29, 1.82) is 0 Å². The molecule has 0 saturated heterocycles. The van der Waals surface area contributed by atoms with Gasteiger partial charge in [-0.15, -0.1) is 0 Å². The predicted molar refractivity (Wildman–Crippen MR) is 88.5 cm³/mol. The smallest absolute Gasteiger partial charge is 0.329 e. The number of hydrogen-bond donors (Lipinski definition) is 2. The third kappa shape index (κ3) is 3.56. The maximum Gasteiger partial charge on any atom is 0.329 e. The van der Waals surface area contributed by atoms with Gasteiger partial charge in [-0.05, 0) is 44.9 Å². The predicted octanol–water partition coefficient (Wildman–Crippen LogP) is 1.80. The van der Waals surface area contributed by atoms with E-state index in [-0.39, 0.29) is 6.54 Å². The van der Waals surface area contributed by atoms with Gasteiger partial charge in [0.2, 0.25) is 0 Å². The van der Waals surface area contributed by atoms with Crippen molar-refractivity contribution in [2.24, 2.45) is 5.10 Å². The van der Waals surface area contributed by atoms with Crippen LogP contribution < -0.4 is 10.7 Å². The molecule has 0 unspecified atom stereocenters. The van der Waals surface area contributed by atoms with E-state index < -0.39 is 11.8 Å². The van der Waals surface area contributed by atoms with E-state index in [1.165, 1.54) is 24.8 Å². The summed E-state index contributed by atoms with van der Waals surface area (Å²) in [4.78, 5) is 23.4. The Morgan fingerprint density at radius 1 is 1.38 bits per heavy atom. The number of nitrogens with one attached hydrogen (secondary N) is 2. The molecule has 0 aliphatic heterocycles. The minimum atomic E-state index is -0.811. The molecule has 1 aliphatic carbocycles. The van der Waals surface area contributed by atoms with Crippen molar-refractivity contribution in [3.8, 4) is 0 Å². The fourth-order valence-corrected chi connectivity index (χ4v) is 2.70. The maximum atomic E-state index is 11.7. The summed E-state index contributed by atoms with van der Waals surface area (Å²) in [5, 5.41) is 6.34. The van der Waals surface area contributed by atoms with Crippen LogP contribution in [0.4, 0.5) is 0 Å². The second-order valence-corrected chi connectivity index (χ2v) is 5.89. The highest BCUT2D eigenvalue weighted by atomic mass is 16.3. The standard InChI is InChI=1S/C17H20N4O3/c1-11-8-13(12(2)21(11)14-5-6-14)9-19-20-17(23)16(22)18-10-15-4-3-7-24-15/h3-4,7-9,14H,5-6,10H2,1-2H3,(H,18,22)(H,20,23)/b19-9+. The second-order valence-electron chi connectivity index (χ2n) is 5.89. The minimum Gasteiger partial charge on any atom is -0.467 e. The molecule has 0 bridgehead atoms. The van der Waals surface area contributed by atoms with Crippen LogP contribution in [0.3, 0.4) is 0 Å². The number of hydrogen-bond acceptors (Lipinski definition) is 4. The molecule has 0 aromatic carbocycles. The molecular weight excluding hydrogens is 308 g/mol. The van der Waals surface area contributed by atoms with Crippen molar-refractivity contribution in [3.05, 3.63) is 47.2 Å². The topological polar surface area (TPSA) is 88.6 Å². The molecule has 0 radical (unpaired) electrons. The van der Waals surface area contributed by atoms with Crippen LogP contribution in [0.15, 0.2) is 34.0 Å². The lowest BCUT2D eigenvalue weighted by Gasteiger charge is -2.06. The van der Waals surface area contributed by atoms with Crippen LogP contribution in [0.2, 0.25) is 0 Å². The first-order valence-corrected chi connectivity index (χ1v) is 7.88. The fraction of sp³-hybridized carbons (Fsp3) is 0.353. The van der Waals surface area contributed by atoms with Gasteiger partial charge in [-0.3, -0.25) is 9.59 Å². The number of carbonyl (C=O) groups is 2. The van der Waals surface area contributed by atoms with E-state index in [1.54, 1.807) is 18.3 Å². The summed E-state index contributed by atoms with van der Waals surface area (Å²) in [6, 6.07) is 6.05. The SMILES string of the molecule is Cc1cc(/C=N/NC(=O)C(=O)NCc2ccco2)c(C)n1C1CC1. The Hall–Kier alpha value is -2.83. The van der Waals surface area contributed by atoms with E-state index in [0.29, 0.717) is 11.8 Å². The van der Waals surface area contributed by atoms with E-state index in [2.05, 4.69) is 27.3 Å². The average Bonchev–Trinajstić information content (AvgIpc) is 3.16. The number of hydrazone groups is 1. The summed E-state index contributed by atoms with van der Waals surface area (Å²) in [6.45, 7) is 4.25. The van der Waals surface area contributed by atoms with Crippen LogP contribution in [-0.2, 0) is 16.1 Å². The Balaban J connectivity index is 1.53. The molecule has 0 atom stereocenters. The molecule has 7 heteroatoms. The number of amides is 2. The van der Waals surface area contributed by atoms with Crippen molar-refractivity contribution < 1.29 is 14.0 Å². The number of rotatable bonds is 5. The third-order valence-electron chi connectivity index (χ3n) is 4.01. The molecule has 2 heterocycles. The molecule has 1 fully saturated rings. The summed E-state index contributed by atoms with van der Waals surface area (Å²) in [5.41, 5.74) is 5.48. The van der Waals surface area contributed by atoms with E-state index in [1.807, 2.05) is 13.0 Å². The van der Waals surface area contributed by atoms with Crippen molar-refractivity contribution in [2.75, 3.05) is 0 Å². The lowest BCUT2D eigenvalue weighted by molar-refractivity contribution is -0.139. The quantitative estimate of drug-likeness (QED) is 0.498. The van der Waals surface area contributed by atoms with Crippen molar-refractivity contribution in [1.82, 2.24) is 15.3 Å². The van der Waals surface area contributed by atoms with Gasteiger partial charge in [-0.2, -0.15) is 5.10 Å². The Morgan fingerprint density at radius 2 is 2.17 bits per heavy atom. The molecule has 24 heavy (non-hydrogen) atoms. The first kappa shape index (κ1) is 16.0. The van der Waals surface area contributed by atoms with Gasteiger partial charge in [0.15, 0.2) is 0 Å². The van der Waals surface area contributed by atoms with Crippen LogP contribution in [0.25, 0.3) is 0 Å². The molecule has 2 amide bonds. The molecule has 2 N–H and O–H groups in total. The van der Waals surface area contributed by atoms with E-state index in [4.69, 9.17) is 4.42 Å². The summed E-state index contributed by atoms with van der Waals surface area (Å²) in [7, 11) is 0. The van der Waals surface area contributed by atoms with Crippen LogP contribution in [0.1, 0.15) is 41.6 Å². The highest BCUT2D eigenvalue weighted by molar-refractivity contribution is 6.35. The van der Waals surface area contributed by atoms with Crippen molar-refractivity contribution in [2.45, 2.75) is 39.3 Å². The minimum absolute atomic E-state index is 0.158. The average molecular weight is 328 g/mol. The van der Waals surface area contributed by atoms with E-state index in [0.717, 1.165) is 11.3 Å². The number of carbonyl (C=O) groups excluding carboxylic acids is 2. The van der Waals surface area contributed by atoms with E-state index >= 15 is 0 Å². The summed E-state index contributed by atoms with van der Waals surface area (Å²) in [5.74, 6) is -0.993. The molecule has 1 aliphatic rings. The highest BCUT2D eigenvalue weighted by Gasteiger charge is 2.26. The molecule has 2 aromatic rings. The van der Waals surface area contributed by atoms with Crippen LogP contribution in [0.5, 0.6) is 0 Å². The Kier molecular flexibility index (Phi) is 4.50. The van der Waals surface area contributed by atoms with Gasteiger partial charge in [-0.1, -0.05) is 0 Å². The molecule has 3 rings (SSSR count). The van der Waals surface area contributed by atoms with Crippen LogP contribution in [0, 0.1) is 13.8 Å². The Labute approximate surface area is 139 Å². The summed E-state index contributed by atoms with van der Waals surface area (Å²) >= 11 is 0. The zero-order chi connectivity index (χ0) is 17.1. The maximum absolute atomic E-state index is 11.7. The normalized spacial score (nSPS) is 14.1. The zero-order valence-corrected chi connectivity index (χ0v) is 13.7. The monoisotopic (exact) mass is 328 g/mol. The molecule has 1 saturated carbocycles. The summed E-state index contributed by atoms with van der Waals surface area (Å²) in [6.07, 6.45) is 5.49. The number of aromatic nitrogens is 1. The lowest BCUT2D eigenvalue weighted by Crippen LogP contribution is -2.37. The van der Waals surface area contributed by atoms with Crippen LogP contribution >= 0.6 is 0 Å². The fourth-order valence-electron chi connectivity index (χ4n) is 2.70. The van der Waals surface area contributed by atoms with Gasteiger partial charge in [0.05, 0.1) is 19.0 Å². The number of furan rings is 1. The van der Waals surface area contributed by atoms with Crippen molar-refractivity contribution in [3.63, 3.8) is 0 Å². The van der Waals surface area contributed by atoms with Gasteiger partial charge in [0.25, 0.3) is 0 Å². The third-order valence-corrected chi connectivity index (χ3v) is 4.01. The molecule has 126 valence electrons. The van der Waals surface area contributed by atoms with Gasteiger partial charge in [0, 0.05) is 23.0 Å². The lowest BCUT2D eigenvalue weighted by atomic mass is 10.3. The van der Waals surface area contributed by atoms with Gasteiger partial charge in [0.1, 0.15) is 5.76 Å². The Morgan fingerprint density at radius 3 is 2.83 bits per heavy atom. The largest absolute Gasteiger partial charge is 0.467 e. The first-order valence-electron chi connectivity index (χ1n) is 7.88. The van der Waals surface area contributed by atoms with E-state index in [9.17, 15) is 9.59 Å². The zero-order valence-electron chi connectivity index (χ0n) is 13.7. The first-order chi connectivity index (χ1) is 11.6. The van der Waals surface area contributed by atoms with Gasteiger partial charge < -0.3 is 14.3 Å². The molecule has 0 spiro atoms. The Bertz CT molecular complexity index is 770. The second kappa shape index (κ2) is 6.74. The van der Waals surface area contributed by atoms with Crippen LogP contribution in [-0.4, -0.2) is 22.6 Å². The van der Waals surface area contributed by atoms with Gasteiger partial charge in [-0.25, -0.2) is 5.43 Å². The van der Waals surface area contributed by atoms with Crippen molar-refractivity contribution >= 4 is 18.0 Å². The van der Waals surface area contributed by atoms with Gasteiger partial charge >= 0.3 is 11.8 Å². The number of nitrogens with zero attached hydrogens (tertiary/aromatic N) is 2. The summed E-state index contributed by atoms with van der Waals surface area (Å²) < 4.78 is 7.37. The molecule has 2 aromatic heterocycles.